The van der Waals surface area contributed by atoms with Gasteiger partial charge in [-0.1, -0.05) is 12.2 Å². The van der Waals surface area contributed by atoms with Crippen molar-refractivity contribution in [1.82, 2.24) is 0 Å². The highest BCUT2D eigenvalue weighted by Gasteiger charge is 2.46. The highest BCUT2D eigenvalue weighted by atomic mass is 16.5. The fourth-order valence-electron chi connectivity index (χ4n) is 2.71. The Morgan fingerprint density at radius 2 is 2.33 bits per heavy atom. The molecule has 2 atom stereocenters. The van der Waals surface area contributed by atoms with Crippen LogP contribution in [-0.2, 0) is 9.53 Å². The van der Waals surface area contributed by atoms with E-state index in [0.29, 0.717) is 13.2 Å². The van der Waals surface area contributed by atoms with Gasteiger partial charge in [0, 0.05) is 6.61 Å². The number of aliphatic carboxylic acids is 1. The predicted octanol–water partition coefficient (Wildman–Crippen LogP) is 2.22. The summed E-state index contributed by atoms with van der Waals surface area (Å²) >= 11 is 0. The summed E-state index contributed by atoms with van der Waals surface area (Å²) < 4.78 is 5.39. The van der Waals surface area contributed by atoms with Crippen LogP contribution < -0.4 is 0 Å². The van der Waals surface area contributed by atoms with Gasteiger partial charge in [0.05, 0.1) is 12.0 Å². The van der Waals surface area contributed by atoms with Gasteiger partial charge in [0.1, 0.15) is 0 Å². The van der Waals surface area contributed by atoms with E-state index < -0.39 is 11.4 Å². The Balaban J connectivity index is 2.20. The molecule has 3 heteroatoms. The van der Waals surface area contributed by atoms with Crippen LogP contribution in [0, 0.1) is 11.3 Å². The lowest BCUT2D eigenvalue weighted by atomic mass is 9.68. The molecule has 0 amide bonds. The standard InChI is InChI=1S/C12H18O3/c13-11(14)12(7-4-8-15-9-12)10-5-2-1-3-6-10/h2,5,10H,1,3-4,6-9H2,(H,13,14). The van der Waals surface area contributed by atoms with Crippen LogP contribution in [0.3, 0.4) is 0 Å². The fourth-order valence-corrected chi connectivity index (χ4v) is 2.71. The molecule has 0 saturated carbocycles. The summed E-state index contributed by atoms with van der Waals surface area (Å²) in [6.07, 6.45) is 9.03. The number of rotatable bonds is 2. The average Bonchev–Trinajstić information content (AvgIpc) is 2.31. The van der Waals surface area contributed by atoms with E-state index in [1.807, 2.05) is 0 Å². The Hall–Kier alpha value is -0.830. The molecule has 1 aliphatic heterocycles. The van der Waals surface area contributed by atoms with Crippen LogP contribution in [0.25, 0.3) is 0 Å². The lowest BCUT2D eigenvalue weighted by molar-refractivity contribution is -0.162. The Labute approximate surface area is 90.1 Å². The third-order valence-corrected chi connectivity index (χ3v) is 3.66. The molecule has 0 aromatic heterocycles. The Bertz CT molecular complexity index is 264. The van der Waals surface area contributed by atoms with Crippen molar-refractivity contribution < 1.29 is 14.6 Å². The third kappa shape index (κ3) is 1.93. The first kappa shape index (κ1) is 10.7. The molecule has 1 fully saturated rings. The lowest BCUT2D eigenvalue weighted by Gasteiger charge is -2.39. The van der Waals surface area contributed by atoms with Gasteiger partial charge in [0.15, 0.2) is 0 Å². The molecular formula is C12H18O3. The van der Waals surface area contributed by atoms with Crippen molar-refractivity contribution in [2.75, 3.05) is 13.2 Å². The summed E-state index contributed by atoms with van der Waals surface area (Å²) in [5.74, 6) is -0.511. The van der Waals surface area contributed by atoms with Crippen molar-refractivity contribution in [3.63, 3.8) is 0 Å². The summed E-state index contributed by atoms with van der Waals surface area (Å²) in [7, 11) is 0. The van der Waals surface area contributed by atoms with E-state index in [0.717, 1.165) is 32.1 Å². The quantitative estimate of drug-likeness (QED) is 0.711. The number of carboxylic acids is 1. The van der Waals surface area contributed by atoms with Gasteiger partial charge in [0.25, 0.3) is 0 Å². The highest BCUT2D eigenvalue weighted by molar-refractivity contribution is 5.75. The largest absolute Gasteiger partial charge is 0.481 e. The Kier molecular flexibility index (Phi) is 3.10. The summed E-state index contributed by atoms with van der Waals surface area (Å²) in [6.45, 7) is 1.10. The van der Waals surface area contributed by atoms with E-state index in [2.05, 4.69) is 12.2 Å². The molecule has 1 saturated heterocycles. The van der Waals surface area contributed by atoms with Crippen molar-refractivity contribution >= 4 is 5.97 Å². The maximum absolute atomic E-state index is 11.5. The van der Waals surface area contributed by atoms with E-state index in [4.69, 9.17) is 4.74 Å². The second kappa shape index (κ2) is 4.35. The molecule has 2 aliphatic rings. The summed E-state index contributed by atoms with van der Waals surface area (Å²) in [5.41, 5.74) is -0.644. The van der Waals surface area contributed by atoms with Crippen LogP contribution in [0.5, 0.6) is 0 Å². The third-order valence-electron chi connectivity index (χ3n) is 3.66. The molecule has 84 valence electrons. The van der Waals surface area contributed by atoms with Crippen LogP contribution in [0.2, 0.25) is 0 Å². The number of allylic oxidation sites excluding steroid dienone is 2. The van der Waals surface area contributed by atoms with Crippen molar-refractivity contribution in [1.29, 1.82) is 0 Å². The molecule has 0 radical (unpaired) electrons. The zero-order chi connectivity index (χ0) is 10.7. The normalized spacial score (nSPS) is 36.4. The molecule has 0 aromatic rings. The molecular weight excluding hydrogens is 192 g/mol. The molecule has 1 aliphatic carbocycles. The van der Waals surface area contributed by atoms with Gasteiger partial charge >= 0.3 is 5.97 Å². The maximum atomic E-state index is 11.5. The Morgan fingerprint density at radius 3 is 2.87 bits per heavy atom. The molecule has 0 spiro atoms. The first-order valence-electron chi connectivity index (χ1n) is 5.73. The molecule has 2 unspecified atom stereocenters. The van der Waals surface area contributed by atoms with Crippen molar-refractivity contribution in [2.24, 2.45) is 11.3 Å². The zero-order valence-corrected chi connectivity index (χ0v) is 8.95. The number of carboxylic acid groups (broad SMARTS) is 1. The minimum Gasteiger partial charge on any atom is -0.481 e. The maximum Gasteiger partial charge on any atom is 0.312 e. The molecule has 15 heavy (non-hydrogen) atoms. The van der Waals surface area contributed by atoms with Gasteiger partial charge < -0.3 is 9.84 Å². The second-order valence-corrected chi connectivity index (χ2v) is 4.58. The summed E-state index contributed by atoms with van der Waals surface area (Å²) in [5, 5.41) is 9.43. The zero-order valence-electron chi connectivity index (χ0n) is 8.95. The van der Waals surface area contributed by atoms with E-state index in [9.17, 15) is 9.90 Å². The average molecular weight is 210 g/mol. The monoisotopic (exact) mass is 210 g/mol. The van der Waals surface area contributed by atoms with Gasteiger partial charge in [0.2, 0.25) is 0 Å². The minimum absolute atomic E-state index is 0.170. The Morgan fingerprint density at radius 1 is 1.47 bits per heavy atom. The number of hydrogen-bond donors (Lipinski definition) is 1. The molecule has 1 N–H and O–H groups in total. The van der Waals surface area contributed by atoms with Crippen molar-refractivity contribution in [3.05, 3.63) is 12.2 Å². The van der Waals surface area contributed by atoms with Crippen molar-refractivity contribution in [2.45, 2.75) is 32.1 Å². The van der Waals surface area contributed by atoms with Gasteiger partial charge in [-0.15, -0.1) is 0 Å². The van der Waals surface area contributed by atoms with Crippen LogP contribution in [0.1, 0.15) is 32.1 Å². The summed E-state index contributed by atoms with van der Waals surface area (Å²) in [6, 6.07) is 0. The molecule has 1 heterocycles. The SMILES string of the molecule is O=C(O)C1(C2C=CCCC2)CCCOC1. The molecule has 0 bridgehead atoms. The number of hydrogen-bond acceptors (Lipinski definition) is 2. The number of ether oxygens (including phenoxy) is 1. The number of carbonyl (C=O) groups is 1. The first-order valence-corrected chi connectivity index (χ1v) is 5.73. The van der Waals surface area contributed by atoms with Gasteiger partial charge in [-0.25, -0.2) is 0 Å². The van der Waals surface area contributed by atoms with E-state index in [1.54, 1.807) is 0 Å². The molecule has 0 aromatic carbocycles. The summed E-state index contributed by atoms with van der Waals surface area (Å²) in [4.78, 5) is 11.5. The smallest absolute Gasteiger partial charge is 0.312 e. The van der Waals surface area contributed by atoms with Gasteiger partial charge in [-0.2, -0.15) is 0 Å². The van der Waals surface area contributed by atoms with E-state index in [1.165, 1.54) is 0 Å². The minimum atomic E-state index is -0.682. The fraction of sp³-hybridized carbons (Fsp3) is 0.750. The van der Waals surface area contributed by atoms with E-state index in [-0.39, 0.29) is 5.92 Å². The molecule has 2 rings (SSSR count). The van der Waals surface area contributed by atoms with Crippen molar-refractivity contribution in [3.8, 4) is 0 Å². The lowest BCUT2D eigenvalue weighted by Crippen LogP contribution is -2.45. The first-order chi connectivity index (χ1) is 7.26. The van der Waals surface area contributed by atoms with Gasteiger partial charge in [-0.05, 0) is 38.0 Å². The predicted molar refractivity (Wildman–Crippen MR) is 56.6 cm³/mol. The highest BCUT2D eigenvalue weighted by Crippen LogP contribution is 2.41. The van der Waals surface area contributed by atoms with Gasteiger partial charge in [-0.3, -0.25) is 4.79 Å². The topological polar surface area (TPSA) is 46.5 Å². The molecule has 3 nitrogen and oxygen atoms in total. The van der Waals surface area contributed by atoms with Crippen LogP contribution in [-0.4, -0.2) is 24.3 Å². The second-order valence-electron chi connectivity index (χ2n) is 4.58. The van der Waals surface area contributed by atoms with Crippen LogP contribution in [0.15, 0.2) is 12.2 Å². The van der Waals surface area contributed by atoms with Crippen LogP contribution in [0.4, 0.5) is 0 Å². The van der Waals surface area contributed by atoms with E-state index >= 15 is 0 Å². The van der Waals surface area contributed by atoms with Crippen LogP contribution >= 0.6 is 0 Å².